The molecule has 1 fully saturated rings. The van der Waals surface area contributed by atoms with Gasteiger partial charge in [-0.3, -0.25) is 0 Å². The topological polar surface area (TPSA) is 18.5 Å². The summed E-state index contributed by atoms with van der Waals surface area (Å²) in [5, 5.41) is 3.73. The Labute approximate surface area is 114 Å². The van der Waals surface area contributed by atoms with Crippen LogP contribution in [0.3, 0.4) is 0 Å². The van der Waals surface area contributed by atoms with Crippen molar-refractivity contribution < 1.29 is 0 Å². The average molecular weight is 255 g/mol. The highest BCUT2D eigenvalue weighted by Crippen LogP contribution is 2.16. The lowest BCUT2D eigenvalue weighted by Gasteiger charge is -2.26. The van der Waals surface area contributed by atoms with Crippen LogP contribution in [0.1, 0.15) is 45.4 Å². The van der Waals surface area contributed by atoms with Gasteiger partial charge >= 0.3 is 0 Å². The minimum absolute atomic E-state index is 0.805. The molecule has 1 aliphatic carbocycles. The molecule has 0 saturated heterocycles. The third-order valence-electron chi connectivity index (χ3n) is 3.99. The van der Waals surface area contributed by atoms with Crippen LogP contribution >= 0.6 is 0 Å². The normalized spacial score (nSPS) is 17.8. The third-order valence-corrected chi connectivity index (χ3v) is 3.99. The van der Waals surface area contributed by atoms with Gasteiger partial charge in [-0.15, -0.1) is 0 Å². The monoisotopic (exact) mass is 255 g/mol. The summed E-state index contributed by atoms with van der Waals surface area (Å²) in [4.78, 5) is 4.84. The van der Waals surface area contributed by atoms with Crippen molar-refractivity contribution in [1.82, 2.24) is 15.1 Å². The van der Waals surface area contributed by atoms with Crippen LogP contribution in [0.2, 0.25) is 0 Å². The third kappa shape index (κ3) is 7.34. The molecule has 0 spiro atoms. The van der Waals surface area contributed by atoms with E-state index in [1.165, 1.54) is 71.2 Å². The van der Waals surface area contributed by atoms with E-state index < -0.39 is 0 Å². The Morgan fingerprint density at radius 1 is 1.00 bits per heavy atom. The first kappa shape index (κ1) is 15.9. The van der Waals surface area contributed by atoms with Gasteiger partial charge in [0.15, 0.2) is 0 Å². The molecule has 0 aliphatic heterocycles. The summed E-state index contributed by atoms with van der Waals surface area (Å²) >= 11 is 0. The average Bonchev–Trinajstić information content (AvgIpc) is 2.38. The maximum atomic E-state index is 3.73. The second-order valence-corrected chi connectivity index (χ2v) is 5.88. The van der Waals surface area contributed by atoms with Crippen molar-refractivity contribution in [3.63, 3.8) is 0 Å². The van der Waals surface area contributed by atoms with E-state index in [0.717, 1.165) is 6.04 Å². The summed E-state index contributed by atoms with van der Waals surface area (Å²) in [6.07, 6.45) is 8.38. The fourth-order valence-corrected chi connectivity index (χ4v) is 2.77. The van der Waals surface area contributed by atoms with Crippen molar-refractivity contribution in [1.29, 1.82) is 0 Å². The van der Waals surface area contributed by atoms with Gasteiger partial charge in [0.05, 0.1) is 0 Å². The van der Waals surface area contributed by atoms with Gasteiger partial charge in [-0.25, -0.2) is 0 Å². The molecule has 0 radical (unpaired) electrons. The molecule has 0 aromatic heterocycles. The van der Waals surface area contributed by atoms with Crippen LogP contribution in [0.4, 0.5) is 0 Å². The number of hydrogen-bond donors (Lipinski definition) is 1. The van der Waals surface area contributed by atoms with E-state index in [2.05, 4.69) is 36.1 Å². The number of hydrogen-bond acceptors (Lipinski definition) is 3. The molecular formula is C15H33N3. The predicted molar refractivity (Wildman–Crippen MR) is 80.2 cm³/mol. The second kappa shape index (κ2) is 9.76. The van der Waals surface area contributed by atoms with Crippen LogP contribution in [-0.4, -0.2) is 62.7 Å². The van der Waals surface area contributed by atoms with Gasteiger partial charge in [0.25, 0.3) is 0 Å². The Kier molecular flexibility index (Phi) is 8.64. The van der Waals surface area contributed by atoms with Crippen molar-refractivity contribution in [3.05, 3.63) is 0 Å². The molecule has 1 aliphatic rings. The second-order valence-electron chi connectivity index (χ2n) is 5.88. The number of likely N-dealkylation sites (N-methyl/N-ethyl adjacent to an activating group) is 1. The Bertz CT molecular complexity index is 188. The minimum Gasteiger partial charge on any atom is -0.313 e. The van der Waals surface area contributed by atoms with Crippen molar-refractivity contribution in [3.8, 4) is 0 Å². The Hall–Kier alpha value is -0.120. The smallest absolute Gasteiger partial charge is 0.0107 e. The molecule has 1 saturated carbocycles. The molecule has 0 aromatic rings. The largest absolute Gasteiger partial charge is 0.313 e. The number of nitrogens with zero attached hydrogens (tertiary/aromatic N) is 2. The number of rotatable bonds is 9. The van der Waals surface area contributed by atoms with Crippen molar-refractivity contribution in [2.45, 2.75) is 51.5 Å². The van der Waals surface area contributed by atoms with E-state index >= 15 is 0 Å². The Morgan fingerprint density at radius 2 is 1.72 bits per heavy atom. The molecule has 0 amide bonds. The van der Waals surface area contributed by atoms with Gasteiger partial charge in [-0.1, -0.05) is 26.2 Å². The van der Waals surface area contributed by atoms with Crippen molar-refractivity contribution in [2.75, 3.05) is 46.8 Å². The summed E-state index contributed by atoms with van der Waals surface area (Å²) in [6, 6.07) is 0.805. The maximum Gasteiger partial charge on any atom is 0.0107 e. The quantitative estimate of drug-likeness (QED) is 0.681. The van der Waals surface area contributed by atoms with Crippen LogP contribution in [-0.2, 0) is 0 Å². The van der Waals surface area contributed by atoms with Crippen molar-refractivity contribution >= 4 is 0 Å². The van der Waals surface area contributed by atoms with Crippen LogP contribution in [0.15, 0.2) is 0 Å². The highest BCUT2D eigenvalue weighted by Gasteiger charge is 2.12. The maximum absolute atomic E-state index is 3.73. The zero-order valence-electron chi connectivity index (χ0n) is 12.7. The lowest BCUT2D eigenvalue weighted by molar-refractivity contribution is 0.256. The van der Waals surface area contributed by atoms with E-state index in [1.807, 2.05) is 0 Å². The lowest BCUT2D eigenvalue weighted by atomic mass is 9.95. The molecule has 18 heavy (non-hydrogen) atoms. The zero-order chi connectivity index (χ0) is 13.2. The van der Waals surface area contributed by atoms with Gasteiger partial charge in [-0.2, -0.15) is 0 Å². The summed E-state index contributed by atoms with van der Waals surface area (Å²) < 4.78 is 0. The molecule has 108 valence electrons. The van der Waals surface area contributed by atoms with Crippen molar-refractivity contribution in [2.24, 2.45) is 0 Å². The fraction of sp³-hybridized carbons (Fsp3) is 1.00. The first-order valence-electron chi connectivity index (χ1n) is 7.83. The molecule has 3 nitrogen and oxygen atoms in total. The van der Waals surface area contributed by atoms with Crippen LogP contribution < -0.4 is 5.32 Å². The van der Waals surface area contributed by atoms with Gasteiger partial charge in [-0.05, 0) is 53.0 Å². The standard InChI is InChI=1S/C15H33N3/c1-4-18(13-8-12-17(2)3)14-11-16-15-9-6-5-7-10-15/h15-16H,4-14H2,1-3H3. The Morgan fingerprint density at radius 3 is 2.33 bits per heavy atom. The van der Waals surface area contributed by atoms with E-state index in [1.54, 1.807) is 0 Å². The zero-order valence-corrected chi connectivity index (χ0v) is 12.7. The highest BCUT2D eigenvalue weighted by atomic mass is 15.1. The van der Waals surface area contributed by atoms with E-state index in [4.69, 9.17) is 0 Å². The van der Waals surface area contributed by atoms with Gasteiger partial charge in [0, 0.05) is 19.1 Å². The summed E-state index contributed by atoms with van der Waals surface area (Å²) in [5.41, 5.74) is 0. The Balaban J connectivity index is 2.03. The summed E-state index contributed by atoms with van der Waals surface area (Å²) in [5.74, 6) is 0. The molecule has 0 atom stereocenters. The first-order chi connectivity index (χ1) is 8.72. The molecule has 1 N–H and O–H groups in total. The summed E-state index contributed by atoms with van der Waals surface area (Å²) in [7, 11) is 4.31. The lowest BCUT2D eigenvalue weighted by Crippen LogP contribution is -2.38. The van der Waals surface area contributed by atoms with Gasteiger partial charge < -0.3 is 15.1 Å². The minimum atomic E-state index is 0.805. The van der Waals surface area contributed by atoms with E-state index in [9.17, 15) is 0 Å². The highest BCUT2D eigenvalue weighted by molar-refractivity contribution is 4.72. The molecule has 1 rings (SSSR count). The van der Waals surface area contributed by atoms with E-state index in [-0.39, 0.29) is 0 Å². The van der Waals surface area contributed by atoms with Crippen LogP contribution in [0.5, 0.6) is 0 Å². The number of nitrogens with one attached hydrogen (secondary N) is 1. The first-order valence-corrected chi connectivity index (χ1v) is 7.83. The fourth-order valence-electron chi connectivity index (χ4n) is 2.77. The van der Waals surface area contributed by atoms with E-state index in [0.29, 0.717) is 0 Å². The molecular weight excluding hydrogens is 222 g/mol. The molecule has 0 bridgehead atoms. The molecule has 0 heterocycles. The molecule has 0 unspecified atom stereocenters. The van der Waals surface area contributed by atoms with Crippen LogP contribution in [0, 0.1) is 0 Å². The molecule has 0 aromatic carbocycles. The summed E-state index contributed by atoms with van der Waals surface area (Å²) in [6.45, 7) is 8.27. The van der Waals surface area contributed by atoms with Gasteiger partial charge in [0.2, 0.25) is 0 Å². The predicted octanol–water partition coefficient (Wildman–Crippen LogP) is 2.18. The van der Waals surface area contributed by atoms with Crippen LogP contribution in [0.25, 0.3) is 0 Å². The SMILES string of the molecule is CCN(CCCN(C)C)CCNC1CCCCC1. The van der Waals surface area contributed by atoms with Gasteiger partial charge in [0.1, 0.15) is 0 Å². The molecule has 3 heteroatoms.